The Kier molecular flexibility index (Phi) is 3.30. The van der Waals surface area contributed by atoms with Crippen LogP contribution in [0.5, 0.6) is 5.75 Å². The lowest BCUT2D eigenvalue weighted by atomic mass is 10.2. The Labute approximate surface area is 98.2 Å². The summed E-state index contributed by atoms with van der Waals surface area (Å²) in [5, 5.41) is 12.1. The molecule has 0 aliphatic heterocycles. The molecular weight excluding hydrogens is 218 g/mol. The third-order valence-electron chi connectivity index (χ3n) is 2.22. The number of carbonyl (C=O) groups excluding carboxylic acids is 1. The lowest BCUT2D eigenvalue weighted by Gasteiger charge is -2.05. The van der Waals surface area contributed by atoms with Gasteiger partial charge in [0.1, 0.15) is 5.75 Å². The van der Waals surface area contributed by atoms with Gasteiger partial charge in [0.05, 0.1) is 11.8 Å². The largest absolute Gasteiger partial charge is 0.505 e. The van der Waals surface area contributed by atoms with Crippen LogP contribution in [0.4, 0.5) is 0 Å². The number of nitrogens with one attached hydrogen (secondary N) is 1. The lowest BCUT2D eigenvalue weighted by molar-refractivity contribution is 0.0948. The van der Waals surface area contributed by atoms with Gasteiger partial charge in [0.2, 0.25) is 0 Å². The monoisotopic (exact) mass is 229 g/mol. The third-order valence-corrected chi connectivity index (χ3v) is 2.22. The first-order valence-electron chi connectivity index (χ1n) is 5.07. The number of aromatic hydroxyl groups is 1. The van der Waals surface area contributed by atoms with Crippen LogP contribution in [0, 0.1) is 0 Å². The van der Waals surface area contributed by atoms with E-state index in [-0.39, 0.29) is 17.2 Å². The fourth-order valence-corrected chi connectivity index (χ4v) is 1.36. The molecule has 0 atom stereocenters. The molecule has 0 bridgehead atoms. The fraction of sp³-hybridized carbons (Fsp3) is 0.0833. The number of hydrogen-bond donors (Lipinski definition) is 2. The van der Waals surface area contributed by atoms with Crippen molar-refractivity contribution in [3.05, 3.63) is 54.1 Å². The second-order valence-electron chi connectivity index (χ2n) is 3.44. The van der Waals surface area contributed by atoms with E-state index in [1.807, 2.05) is 6.07 Å². The standard InChI is InChI=1S/C12H11N3O2/c16-11-8-14-5-3-10(11)12(17)15-7-9-2-1-4-13-6-9/h1-6,8,16H,7H2,(H,15,17). The Morgan fingerprint density at radius 3 is 2.76 bits per heavy atom. The number of nitrogens with zero attached hydrogens (tertiary/aromatic N) is 2. The van der Waals surface area contributed by atoms with Crippen molar-refractivity contribution in [1.29, 1.82) is 0 Å². The van der Waals surface area contributed by atoms with E-state index in [0.29, 0.717) is 6.54 Å². The van der Waals surface area contributed by atoms with Gasteiger partial charge in [0.15, 0.2) is 0 Å². The molecule has 2 N–H and O–H groups in total. The molecule has 5 nitrogen and oxygen atoms in total. The van der Waals surface area contributed by atoms with Crippen molar-refractivity contribution in [2.24, 2.45) is 0 Å². The Morgan fingerprint density at radius 2 is 2.06 bits per heavy atom. The molecule has 1 amide bonds. The number of aromatic nitrogens is 2. The SMILES string of the molecule is O=C(NCc1cccnc1)c1ccncc1O. The molecule has 0 unspecified atom stereocenters. The molecule has 2 aromatic heterocycles. The fourth-order valence-electron chi connectivity index (χ4n) is 1.36. The van der Waals surface area contributed by atoms with Crippen molar-refractivity contribution >= 4 is 5.91 Å². The second-order valence-corrected chi connectivity index (χ2v) is 3.44. The van der Waals surface area contributed by atoms with Crippen LogP contribution >= 0.6 is 0 Å². The van der Waals surface area contributed by atoms with Crippen molar-refractivity contribution in [3.8, 4) is 5.75 Å². The Bertz CT molecular complexity index is 514. The molecule has 0 aliphatic rings. The summed E-state index contributed by atoms with van der Waals surface area (Å²) >= 11 is 0. The van der Waals surface area contributed by atoms with Crippen LogP contribution in [0.15, 0.2) is 43.0 Å². The lowest BCUT2D eigenvalue weighted by Crippen LogP contribution is -2.22. The minimum atomic E-state index is -0.339. The maximum Gasteiger partial charge on any atom is 0.255 e. The van der Waals surface area contributed by atoms with Crippen LogP contribution in [0.2, 0.25) is 0 Å². The molecule has 0 saturated carbocycles. The van der Waals surface area contributed by atoms with Gasteiger partial charge in [-0.15, -0.1) is 0 Å². The molecule has 86 valence electrons. The van der Waals surface area contributed by atoms with Gasteiger partial charge in [0.25, 0.3) is 5.91 Å². The number of amides is 1. The summed E-state index contributed by atoms with van der Waals surface area (Å²) in [5.74, 6) is -0.468. The molecule has 0 saturated heterocycles. The molecule has 0 spiro atoms. The third kappa shape index (κ3) is 2.78. The molecule has 2 heterocycles. The quantitative estimate of drug-likeness (QED) is 0.826. The molecule has 0 aromatic carbocycles. The molecule has 0 aliphatic carbocycles. The zero-order valence-electron chi connectivity index (χ0n) is 9.00. The zero-order valence-corrected chi connectivity index (χ0v) is 9.00. The van der Waals surface area contributed by atoms with Crippen LogP contribution in [0.1, 0.15) is 15.9 Å². The number of pyridine rings is 2. The first kappa shape index (κ1) is 11.1. The van der Waals surface area contributed by atoms with Crippen molar-refractivity contribution in [2.75, 3.05) is 0 Å². The van der Waals surface area contributed by atoms with Gasteiger partial charge < -0.3 is 10.4 Å². The summed E-state index contributed by atoms with van der Waals surface area (Å²) in [5.41, 5.74) is 1.11. The van der Waals surface area contributed by atoms with Crippen molar-refractivity contribution < 1.29 is 9.90 Å². The number of rotatable bonds is 3. The summed E-state index contributed by atoms with van der Waals surface area (Å²) < 4.78 is 0. The van der Waals surface area contributed by atoms with E-state index in [1.165, 1.54) is 18.5 Å². The summed E-state index contributed by atoms with van der Waals surface area (Å²) in [4.78, 5) is 19.4. The van der Waals surface area contributed by atoms with Crippen molar-refractivity contribution in [1.82, 2.24) is 15.3 Å². The number of hydrogen-bond acceptors (Lipinski definition) is 4. The highest BCUT2D eigenvalue weighted by Crippen LogP contribution is 2.13. The normalized spacial score (nSPS) is 9.88. The zero-order chi connectivity index (χ0) is 12.1. The van der Waals surface area contributed by atoms with Gasteiger partial charge in [0, 0.05) is 25.1 Å². The Balaban J connectivity index is 2.01. The predicted molar refractivity (Wildman–Crippen MR) is 61.3 cm³/mol. The second kappa shape index (κ2) is 5.07. The Morgan fingerprint density at radius 1 is 1.24 bits per heavy atom. The van der Waals surface area contributed by atoms with Crippen molar-refractivity contribution in [2.45, 2.75) is 6.54 Å². The van der Waals surface area contributed by atoms with Crippen LogP contribution in [-0.4, -0.2) is 21.0 Å². The summed E-state index contributed by atoms with van der Waals surface area (Å²) in [6.45, 7) is 0.369. The van der Waals surface area contributed by atoms with E-state index < -0.39 is 0 Å². The average Bonchev–Trinajstić information content (AvgIpc) is 2.38. The van der Waals surface area contributed by atoms with Crippen molar-refractivity contribution in [3.63, 3.8) is 0 Å². The highest BCUT2D eigenvalue weighted by atomic mass is 16.3. The van der Waals surface area contributed by atoms with Crippen LogP contribution < -0.4 is 5.32 Å². The first-order chi connectivity index (χ1) is 8.27. The highest BCUT2D eigenvalue weighted by molar-refractivity contribution is 5.96. The van der Waals surface area contributed by atoms with Gasteiger partial charge >= 0.3 is 0 Å². The van der Waals surface area contributed by atoms with Gasteiger partial charge in [-0.25, -0.2) is 0 Å². The minimum absolute atomic E-state index is 0.129. The Hall–Kier alpha value is -2.43. The van der Waals surface area contributed by atoms with Gasteiger partial charge in [-0.1, -0.05) is 6.07 Å². The van der Waals surface area contributed by atoms with E-state index in [4.69, 9.17) is 0 Å². The van der Waals surface area contributed by atoms with E-state index in [9.17, 15) is 9.90 Å². The van der Waals surface area contributed by atoms with Gasteiger partial charge in [-0.3, -0.25) is 14.8 Å². The predicted octanol–water partition coefficient (Wildman–Crippen LogP) is 1.11. The maximum absolute atomic E-state index is 11.7. The molecule has 17 heavy (non-hydrogen) atoms. The summed E-state index contributed by atoms with van der Waals surface area (Å²) in [7, 11) is 0. The summed E-state index contributed by atoms with van der Waals surface area (Å²) in [6, 6.07) is 5.12. The van der Waals surface area contributed by atoms with E-state index in [2.05, 4.69) is 15.3 Å². The highest BCUT2D eigenvalue weighted by Gasteiger charge is 2.09. The molecule has 0 fully saturated rings. The molecular formula is C12H11N3O2. The molecule has 0 radical (unpaired) electrons. The van der Waals surface area contributed by atoms with Crippen LogP contribution in [0.3, 0.4) is 0 Å². The van der Waals surface area contributed by atoms with Gasteiger partial charge in [-0.2, -0.15) is 0 Å². The molecule has 2 rings (SSSR count). The smallest absolute Gasteiger partial charge is 0.255 e. The maximum atomic E-state index is 11.7. The van der Waals surface area contributed by atoms with Crippen LogP contribution in [-0.2, 0) is 6.54 Å². The first-order valence-corrected chi connectivity index (χ1v) is 5.07. The molecule has 2 aromatic rings. The van der Waals surface area contributed by atoms with Crippen LogP contribution in [0.25, 0.3) is 0 Å². The average molecular weight is 229 g/mol. The number of carbonyl (C=O) groups is 1. The molecule has 5 heteroatoms. The minimum Gasteiger partial charge on any atom is -0.505 e. The van der Waals surface area contributed by atoms with Gasteiger partial charge in [-0.05, 0) is 17.7 Å². The topological polar surface area (TPSA) is 75.1 Å². The van der Waals surface area contributed by atoms with E-state index in [0.717, 1.165) is 5.56 Å². The van der Waals surface area contributed by atoms with E-state index >= 15 is 0 Å². The summed E-state index contributed by atoms with van der Waals surface area (Å²) in [6.07, 6.45) is 6.03. The van der Waals surface area contributed by atoms with E-state index in [1.54, 1.807) is 18.5 Å².